The maximum absolute atomic E-state index is 13.1. The Morgan fingerprint density at radius 2 is 2.13 bits per heavy atom. The van der Waals surface area contributed by atoms with Gasteiger partial charge in [0.25, 0.3) is 5.56 Å². The van der Waals surface area contributed by atoms with Gasteiger partial charge in [-0.2, -0.15) is 0 Å². The lowest BCUT2D eigenvalue weighted by Gasteiger charge is -2.05. The molecule has 0 aliphatic heterocycles. The quantitative estimate of drug-likeness (QED) is 0.776. The van der Waals surface area contributed by atoms with E-state index in [-0.39, 0.29) is 16.4 Å². The van der Waals surface area contributed by atoms with Gasteiger partial charge in [-0.25, -0.2) is 9.07 Å². The van der Waals surface area contributed by atoms with Crippen LogP contribution in [0.15, 0.2) is 29.1 Å². The Bertz CT molecular complexity index is 561. The summed E-state index contributed by atoms with van der Waals surface area (Å²) in [6, 6.07) is 5.35. The molecule has 1 aromatic carbocycles. The van der Waals surface area contributed by atoms with Crippen molar-refractivity contribution < 1.29 is 4.39 Å². The summed E-state index contributed by atoms with van der Waals surface area (Å²) in [7, 11) is 0. The Kier molecular flexibility index (Phi) is 2.24. The standard InChI is InChI=1S/C9H7ClFN3O/c10-6-2-1-5(3-7(6)11)14-8(12)4-9(15)13-14/h1-4H,12H2,(H,13,15). The van der Waals surface area contributed by atoms with Gasteiger partial charge in [0.2, 0.25) is 0 Å². The Hall–Kier alpha value is -1.75. The molecule has 4 nitrogen and oxygen atoms in total. The molecule has 0 aliphatic rings. The van der Waals surface area contributed by atoms with Gasteiger partial charge in [0.05, 0.1) is 10.7 Å². The van der Waals surface area contributed by atoms with Crippen LogP contribution in [-0.4, -0.2) is 9.78 Å². The van der Waals surface area contributed by atoms with Crippen molar-refractivity contribution in [3.05, 3.63) is 45.5 Å². The van der Waals surface area contributed by atoms with Crippen molar-refractivity contribution in [3.8, 4) is 5.69 Å². The summed E-state index contributed by atoms with van der Waals surface area (Å²) in [6.07, 6.45) is 0. The number of benzene rings is 1. The zero-order chi connectivity index (χ0) is 11.0. The molecule has 6 heteroatoms. The van der Waals surface area contributed by atoms with Crippen LogP contribution in [0.4, 0.5) is 10.2 Å². The molecule has 0 bridgehead atoms. The molecule has 1 aromatic heterocycles. The fraction of sp³-hybridized carbons (Fsp3) is 0. The van der Waals surface area contributed by atoms with E-state index in [2.05, 4.69) is 5.10 Å². The van der Waals surface area contributed by atoms with Gasteiger partial charge in [-0.15, -0.1) is 0 Å². The van der Waals surface area contributed by atoms with Crippen molar-refractivity contribution in [2.75, 3.05) is 5.73 Å². The first-order valence-electron chi connectivity index (χ1n) is 4.11. The minimum atomic E-state index is -0.567. The van der Waals surface area contributed by atoms with Gasteiger partial charge in [-0.3, -0.25) is 9.89 Å². The number of hydrogen-bond acceptors (Lipinski definition) is 2. The summed E-state index contributed by atoms with van der Waals surface area (Å²) >= 11 is 5.53. The molecule has 2 rings (SSSR count). The molecule has 0 radical (unpaired) electrons. The number of rotatable bonds is 1. The van der Waals surface area contributed by atoms with Gasteiger partial charge in [0, 0.05) is 12.1 Å². The predicted molar refractivity (Wildman–Crippen MR) is 55.8 cm³/mol. The number of hydrogen-bond donors (Lipinski definition) is 2. The van der Waals surface area contributed by atoms with Crippen molar-refractivity contribution in [1.29, 1.82) is 0 Å². The van der Waals surface area contributed by atoms with Gasteiger partial charge in [0.15, 0.2) is 0 Å². The number of nitrogens with one attached hydrogen (secondary N) is 1. The molecule has 0 spiro atoms. The molecule has 0 aliphatic carbocycles. The molecule has 0 fully saturated rings. The smallest absolute Gasteiger partial charge is 0.266 e. The van der Waals surface area contributed by atoms with E-state index in [1.165, 1.54) is 22.9 Å². The van der Waals surface area contributed by atoms with Gasteiger partial charge in [0.1, 0.15) is 11.6 Å². The van der Waals surface area contributed by atoms with Crippen LogP contribution in [0.3, 0.4) is 0 Å². The van der Waals surface area contributed by atoms with Gasteiger partial charge >= 0.3 is 0 Å². The molecule has 2 aromatic rings. The van der Waals surface area contributed by atoms with Crippen molar-refractivity contribution >= 4 is 17.4 Å². The lowest BCUT2D eigenvalue weighted by atomic mass is 10.3. The molecular formula is C9H7ClFN3O. The highest BCUT2D eigenvalue weighted by Gasteiger charge is 2.06. The highest BCUT2D eigenvalue weighted by Crippen LogP contribution is 2.18. The maximum atomic E-state index is 13.1. The molecule has 15 heavy (non-hydrogen) atoms. The highest BCUT2D eigenvalue weighted by molar-refractivity contribution is 6.30. The van der Waals surface area contributed by atoms with E-state index in [1.807, 2.05) is 0 Å². The fourth-order valence-corrected chi connectivity index (χ4v) is 1.36. The summed E-state index contributed by atoms with van der Waals surface area (Å²) in [6.45, 7) is 0. The fourth-order valence-electron chi connectivity index (χ4n) is 1.24. The van der Waals surface area contributed by atoms with Gasteiger partial charge in [-0.05, 0) is 12.1 Å². The van der Waals surface area contributed by atoms with E-state index in [1.54, 1.807) is 6.07 Å². The molecule has 3 N–H and O–H groups in total. The average molecular weight is 228 g/mol. The third-order valence-corrected chi connectivity index (χ3v) is 2.23. The van der Waals surface area contributed by atoms with Crippen LogP contribution in [0.5, 0.6) is 0 Å². The van der Waals surface area contributed by atoms with E-state index in [0.29, 0.717) is 5.69 Å². The van der Waals surface area contributed by atoms with E-state index < -0.39 is 5.82 Å². The number of aromatic amines is 1. The third kappa shape index (κ3) is 1.73. The van der Waals surface area contributed by atoms with E-state index >= 15 is 0 Å². The largest absolute Gasteiger partial charge is 0.384 e. The van der Waals surface area contributed by atoms with Gasteiger partial charge in [-0.1, -0.05) is 11.6 Å². The lowest BCUT2D eigenvalue weighted by Crippen LogP contribution is -2.05. The molecule has 0 amide bonds. The van der Waals surface area contributed by atoms with Crippen molar-refractivity contribution in [1.82, 2.24) is 9.78 Å². The summed E-state index contributed by atoms with van der Waals surface area (Å²) in [5.74, 6) is -0.357. The monoisotopic (exact) mass is 227 g/mol. The number of aromatic nitrogens is 2. The second kappa shape index (κ2) is 3.43. The van der Waals surface area contributed by atoms with Gasteiger partial charge < -0.3 is 5.73 Å². The summed E-state index contributed by atoms with van der Waals surface area (Å²) in [4.78, 5) is 11.0. The molecule has 0 saturated carbocycles. The number of anilines is 1. The van der Waals surface area contributed by atoms with Crippen LogP contribution in [0.25, 0.3) is 5.69 Å². The maximum Gasteiger partial charge on any atom is 0.266 e. The topological polar surface area (TPSA) is 63.8 Å². The second-order valence-electron chi connectivity index (χ2n) is 2.98. The van der Waals surface area contributed by atoms with Crippen molar-refractivity contribution in [2.45, 2.75) is 0 Å². The number of nitrogens with two attached hydrogens (primary N) is 1. The number of nitrogens with zero attached hydrogens (tertiary/aromatic N) is 1. The molecule has 1 heterocycles. The van der Waals surface area contributed by atoms with Crippen LogP contribution in [0.1, 0.15) is 0 Å². The third-order valence-electron chi connectivity index (χ3n) is 1.92. The highest BCUT2D eigenvalue weighted by atomic mass is 35.5. The molecule has 0 saturated heterocycles. The molecule has 78 valence electrons. The Balaban J connectivity index is 2.59. The van der Waals surface area contributed by atoms with Crippen LogP contribution < -0.4 is 11.3 Å². The summed E-state index contributed by atoms with van der Waals surface area (Å²) in [5.41, 5.74) is 5.61. The van der Waals surface area contributed by atoms with E-state index in [4.69, 9.17) is 17.3 Å². The summed E-state index contributed by atoms with van der Waals surface area (Å²) < 4.78 is 14.4. The second-order valence-corrected chi connectivity index (χ2v) is 3.39. The Labute approximate surface area is 89.1 Å². The average Bonchev–Trinajstić information content (AvgIpc) is 2.50. The minimum Gasteiger partial charge on any atom is -0.384 e. The minimum absolute atomic E-state index is 0.0202. The Morgan fingerprint density at radius 1 is 1.40 bits per heavy atom. The number of H-pyrrole nitrogens is 1. The van der Waals surface area contributed by atoms with Crippen molar-refractivity contribution in [3.63, 3.8) is 0 Å². The number of halogens is 2. The number of nitrogen functional groups attached to an aromatic ring is 1. The Morgan fingerprint density at radius 3 is 2.67 bits per heavy atom. The molecule has 0 atom stereocenters. The zero-order valence-electron chi connectivity index (χ0n) is 7.50. The van der Waals surface area contributed by atoms with E-state index in [0.717, 1.165) is 0 Å². The molecular weight excluding hydrogens is 221 g/mol. The van der Waals surface area contributed by atoms with Crippen LogP contribution in [0, 0.1) is 5.82 Å². The molecule has 0 unspecified atom stereocenters. The lowest BCUT2D eigenvalue weighted by molar-refractivity contribution is 0.626. The predicted octanol–water partition coefficient (Wildman–Crippen LogP) is 1.54. The van der Waals surface area contributed by atoms with Crippen LogP contribution >= 0.6 is 11.6 Å². The first kappa shape index (κ1) is 9.79. The van der Waals surface area contributed by atoms with E-state index in [9.17, 15) is 9.18 Å². The van der Waals surface area contributed by atoms with Crippen LogP contribution in [0.2, 0.25) is 5.02 Å². The first-order valence-corrected chi connectivity index (χ1v) is 4.48. The summed E-state index contributed by atoms with van der Waals surface area (Å²) in [5, 5.41) is 2.45. The van der Waals surface area contributed by atoms with Crippen LogP contribution in [-0.2, 0) is 0 Å². The SMILES string of the molecule is Nc1cc(=O)[nH]n1-c1ccc(Cl)c(F)c1. The first-order chi connectivity index (χ1) is 7.08. The van der Waals surface area contributed by atoms with Crippen molar-refractivity contribution in [2.24, 2.45) is 0 Å². The normalized spacial score (nSPS) is 10.5. The zero-order valence-corrected chi connectivity index (χ0v) is 8.25.